The van der Waals surface area contributed by atoms with E-state index in [4.69, 9.17) is 0 Å². The Morgan fingerprint density at radius 1 is 1.12 bits per heavy atom. The zero-order valence-electron chi connectivity index (χ0n) is 14.9. The number of sulfonamides is 2. The van der Waals surface area contributed by atoms with Crippen LogP contribution in [0.5, 0.6) is 0 Å². The molecule has 26 heavy (non-hydrogen) atoms. The molecule has 1 aliphatic rings. The van der Waals surface area contributed by atoms with Crippen molar-refractivity contribution < 1.29 is 21.6 Å². The van der Waals surface area contributed by atoms with E-state index in [1.54, 1.807) is 13.8 Å². The molecule has 1 amide bonds. The lowest BCUT2D eigenvalue weighted by molar-refractivity contribution is -0.123. The zero-order valence-corrected chi connectivity index (χ0v) is 16.6. The summed E-state index contributed by atoms with van der Waals surface area (Å²) in [7, 11) is -7.70. The van der Waals surface area contributed by atoms with Gasteiger partial charge >= 0.3 is 0 Å². The van der Waals surface area contributed by atoms with Gasteiger partial charge in [0.05, 0.1) is 15.7 Å². The van der Waals surface area contributed by atoms with Crippen molar-refractivity contribution in [2.24, 2.45) is 5.92 Å². The van der Waals surface area contributed by atoms with Gasteiger partial charge in [0.1, 0.15) is 0 Å². The second kappa shape index (κ2) is 8.47. The van der Waals surface area contributed by atoms with Crippen molar-refractivity contribution in [2.45, 2.75) is 36.5 Å². The van der Waals surface area contributed by atoms with E-state index in [-0.39, 0.29) is 15.7 Å². The van der Waals surface area contributed by atoms with Crippen LogP contribution >= 0.6 is 0 Å². The van der Waals surface area contributed by atoms with Crippen LogP contribution in [0.2, 0.25) is 0 Å². The summed E-state index contributed by atoms with van der Waals surface area (Å²) in [5, 5.41) is 3.06. The van der Waals surface area contributed by atoms with Gasteiger partial charge in [-0.2, -0.15) is 4.31 Å². The average molecular weight is 404 g/mol. The molecule has 146 valence electrons. The van der Waals surface area contributed by atoms with E-state index in [0.29, 0.717) is 26.1 Å². The van der Waals surface area contributed by atoms with Gasteiger partial charge in [-0.25, -0.2) is 21.6 Å². The van der Waals surface area contributed by atoms with Gasteiger partial charge in [0.2, 0.25) is 15.9 Å². The number of piperidine rings is 1. The summed E-state index contributed by atoms with van der Waals surface area (Å²) in [6, 6.07) is 4.89. The Morgan fingerprint density at radius 2 is 1.69 bits per heavy atom. The lowest BCUT2D eigenvalue weighted by atomic mass is 9.99. The van der Waals surface area contributed by atoms with Gasteiger partial charge in [0.25, 0.3) is 10.0 Å². The SMILES string of the molecule is CCN(CC)S(=O)(=O)c1ccc(S(=O)(=O)NC(=O)C2CCCNC2)cc1. The molecular weight excluding hydrogens is 378 g/mol. The third-order valence-electron chi connectivity index (χ3n) is 4.38. The van der Waals surface area contributed by atoms with Crippen LogP contribution < -0.4 is 10.0 Å². The van der Waals surface area contributed by atoms with Crippen LogP contribution in [0.25, 0.3) is 0 Å². The Hall–Kier alpha value is -1.49. The summed E-state index contributed by atoms with van der Waals surface area (Å²) in [6.45, 7) is 5.38. The van der Waals surface area contributed by atoms with Crippen molar-refractivity contribution in [1.29, 1.82) is 0 Å². The lowest BCUT2D eigenvalue weighted by Crippen LogP contribution is -2.42. The highest BCUT2D eigenvalue weighted by molar-refractivity contribution is 7.90. The molecule has 1 atom stereocenters. The molecule has 1 fully saturated rings. The summed E-state index contributed by atoms with van der Waals surface area (Å²) >= 11 is 0. The van der Waals surface area contributed by atoms with Gasteiger partial charge < -0.3 is 5.32 Å². The minimum absolute atomic E-state index is 0.0166. The van der Waals surface area contributed by atoms with E-state index in [1.165, 1.54) is 28.6 Å². The Balaban J connectivity index is 2.17. The quantitative estimate of drug-likeness (QED) is 0.686. The van der Waals surface area contributed by atoms with E-state index in [9.17, 15) is 21.6 Å². The molecule has 1 aromatic rings. The standard InChI is InChI=1S/C16H25N3O5S2/c1-3-19(4-2)26(23,24)15-9-7-14(8-10-15)25(21,22)18-16(20)13-6-5-11-17-12-13/h7-10,13,17H,3-6,11-12H2,1-2H3,(H,18,20). The van der Waals surface area contributed by atoms with Crippen molar-refractivity contribution in [3.63, 3.8) is 0 Å². The fourth-order valence-corrected chi connectivity index (χ4v) is 5.36. The highest BCUT2D eigenvalue weighted by Crippen LogP contribution is 2.19. The molecule has 0 radical (unpaired) electrons. The number of nitrogens with zero attached hydrogens (tertiary/aromatic N) is 1. The predicted octanol–water partition coefficient (Wildman–Crippen LogP) is 0.522. The third kappa shape index (κ3) is 4.61. The maximum atomic E-state index is 12.4. The smallest absolute Gasteiger partial charge is 0.264 e. The number of amides is 1. The highest BCUT2D eigenvalue weighted by Gasteiger charge is 2.27. The van der Waals surface area contributed by atoms with Gasteiger partial charge in [-0.1, -0.05) is 13.8 Å². The van der Waals surface area contributed by atoms with Crippen molar-refractivity contribution >= 4 is 26.0 Å². The van der Waals surface area contributed by atoms with E-state index in [0.717, 1.165) is 13.0 Å². The molecule has 8 nitrogen and oxygen atoms in total. The molecule has 1 saturated heterocycles. The molecule has 0 bridgehead atoms. The van der Waals surface area contributed by atoms with Crippen LogP contribution in [0.4, 0.5) is 0 Å². The molecule has 10 heteroatoms. The third-order valence-corrected chi connectivity index (χ3v) is 7.81. The number of carbonyl (C=O) groups is 1. The monoisotopic (exact) mass is 403 g/mol. The number of hydrogen-bond acceptors (Lipinski definition) is 6. The summed E-state index contributed by atoms with van der Waals surface area (Å²) < 4.78 is 53.0. The number of hydrogen-bond donors (Lipinski definition) is 2. The molecule has 2 rings (SSSR count). The first kappa shape index (κ1) is 20.8. The fourth-order valence-electron chi connectivity index (χ4n) is 2.85. The maximum Gasteiger partial charge on any atom is 0.264 e. The maximum absolute atomic E-state index is 12.4. The number of carbonyl (C=O) groups excluding carboxylic acids is 1. The first-order valence-corrected chi connectivity index (χ1v) is 11.5. The molecule has 0 spiro atoms. The molecule has 1 aliphatic heterocycles. The highest BCUT2D eigenvalue weighted by atomic mass is 32.2. The normalized spacial score (nSPS) is 18.7. The van der Waals surface area contributed by atoms with Crippen LogP contribution in [-0.4, -0.2) is 53.2 Å². The van der Waals surface area contributed by atoms with Crippen LogP contribution in [-0.2, 0) is 24.8 Å². The summed E-state index contributed by atoms with van der Waals surface area (Å²) in [4.78, 5) is 12.0. The molecule has 0 aliphatic carbocycles. The van der Waals surface area contributed by atoms with Crippen LogP contribution in [0.15, 0.2) is 34.1 Å². The molecule has 1 heterocycles. The molecule has 0 aromatic heterocycles. The first-order chi connectivity index (χ1) is 12.2. The minimum atomic E-state index is -4.04. The van der Waals surface area contributed by atoms with Gasteiger partial charge in [-0.3, -0.25) is 4.79 Å². The van der Waals surface area contributed by atoms with Crippen molar-refractivity contribution in [2.75, 3.05) is 26.2 Å². The number of rotatable bonds is 7. The second-order valence-corrected chi connectivity index (χ2v) is 9.69. The Labute approximate surface area is 155 Å². The summed E-state index contributed by atoms with van der Waals surface area (Å²) in [6.07, 6.45) is 1.45. The van der Waals surface area contributed by atoms with E-state index < -0.39 is 26.0 Å². The second-order valence-electron chi connectivity index (χ2n) is 6.07. The lowest BCUT2D eigenvalue weighted by Gasteiger charge is -2.21. The number of benzene rings is 1. The van der Waals surface area contributed by atoms with Gasteiger partial charge in [-0.15, -0.1) is 0 Å². The van der Waals surface area contributed by atoms with Crippen molar-refractivity contribution in [1.82, 2.24) is 14.3 Å². The van der Waals surface area contributed by atoms with Crippen LogP contribution in [0.1, 0.15) is 26.7 Å². The first-order valence-electron chi connectivity index (χ1n) is 8.60. The predicted molar refractivity (Wildman–Crippen MR) is 97.5 cm³/mol. The van der Waals surface area contributed by atoms with Crippen molar-refractivity contribution in [3.05, 3.63) is 24.3 Å². The molecule has 2 N–H and O–H groups in total. The Kier molecular flexibility index (Phi) is 6.78. The van der Waals surface area contributed by atoms with Crippen LogP contribution in [0, 0.1) is 5.92 Å². The topological polar surface area (TPSA) is 113 Å². The average Bonchev–Trinajstić information content (AvgIpc) is 2.63. The Bertz CT molecular complexity index is 825. The molecule has 0 saturated carbocycles. The fraction of sp³-hybridized carbons (Fsp3) is 0.562. The Morgan fingerprint density at radius 3 is 2.19 bits per heavy atom. The minimum Gasteiger partial charge on any atom is -0.316 e. The van der Waals surface area contributed by atoms with Crippen LogP contribution in [0.3, 0.4) is 0 Å². The van der Waals surface area contributed by atoms with E-state index >= 15 is 0 Å². The van der Waals surface area contributed by atoms with Gasteiger partial charge in [0.15, 0.2) is 0 Å². The van der Waals surface area contributed by atoms with Gasteiger partial charge in [0, 0.05) is 19.6 Å². The molecular formula is C16H25N3O5S2. The summed E-state index contributed by atoms with van der Waals surface area (Å²) in [5.74, 6) is -0.933. The van der Waals surface area contributed by atoms with E-state index in [2.05, 4.69) is 10.0 Å². The molecule has 1 aromatic carbocycles. The van der Waals surface area contributed by atoms with E-state index in [1.807, 2.05) is 0 Å². The largest absolute Gasteiger partial charge is 0.316 e. The van der Waals surface area contributed by atoms with Gasteiger partial charge in [-0.05, 0) is 43.7 Å². The number of nitrogens with one attached hydrogen (secondary N) is 2. The van der Waals surface area contributed by atoms with Crippen molar-refractivity contribution in [3.8, 4) is 0 Å². The molecule has 1 unspecified atom stereocenters. The summed E-state index contributed by atoms with van der Waals surface area (Å²) in [5.41, 5.74) is 0. The zero-order chi connectivity index (χ0) is 19.4.